The van der Waals surface area contributed by atoms with Crippen LogP contribution in [0.5, 0.6) is 0 Å². The van der Waals surface area contributed by atoms with E-state index in [2.05, 4.69) is 0 Å². The monoisotopic (exact) mass is 569 g/mol. The van der Waals surface area contributed by atoms with Gasteiger partial charge in [0.1, 0.15) is 15.0 Å². The van der Waals surface area contributed by atoms with Crippen molar-refractivity contribution < 1.29 is 4.79 Å². The average Bonchev–Trinajstić information content (AvgIpc) is 3.12. The van der Waals surface area contributed by atoms with E-state index in [1.807, 2.05) is 43.3 Å². The summed E-state index contributed by atoms with van der Waals surface area (Å²) in [7, 11) is 0. The van der Waals surface area contributed by atoms with Crippen molar-refractivity contribution in [1.82, 2.24) is 14.3 Å². The molecular formula is C26H17Cl2N3O2S3. The molecule has 1 aliphatic heterocycles. The van der Waals surface area contributed by atoms with Crippen LogP contribution in [0, 0.1) is 6.92 Å². The van der Waals surface area contributed by atoms with Gasteiger partial charge in [-0.15, -0.1) is 0 Å². The zero-order valence-electron chi connectivity index (χ0n) is 18.8. The van der Waals surface area contributed by atoms with Crippen molar-refractivity contribution in [3.05, 3.63) is 109 Å². The summed E-state index contributed by atoms with van der Waals surface area (Å²) < 4.78 is 1.90. The van der Waals surface area contributed by atoms with Crippen molar-refractivity contribution in [2.24, 2.45) is 0 Å². The van der Waals surface area contributed by atoms with Crippen molar-refractivity contribution in [2.75, 3.05) is 0 Å². The van der Waals surface area contributed by atoms with Gasteiger partial charge in [0, 0.05) is 21.1 Å². The fraction of sp³-hybridized carbons (Fsp3) is 0.0769. The molecule has 1 amide bonds. The van der Waals surface area contributed by atoms with Gasteiger partial charge in [-0.05, 0) is 60.5 Å². The van der Waals surface area contributed by atoms with Crippen molar-refractivity contribution in [1.29, 1.82) is 0 Å². The third-order valence-corrected chi connectivity index (χ3v) is 8.44. The minimum atomic E-state index is -0.277. The molecule has 0 unspecified atom stereocenters. The lowest BCUT2D eigenvalue weighted by Gasteiger charge is -2.15. The van der Waals surface area contributed by atoms with Gasteiger partial charge in [0.15, 0.2) is 0 Å². The smallest absolute Gasteiger partial charge is 0.266 e. The Bertz CT molecular complexity index is 1620. The molecule has 2 aromatic heterocycles. The number of hydrogen-bond donors (Lipinski definition) is 0. The zero-order valence-corrected chi connectivity index (χ0v) is 22.7. The van der Waals surface area contributed by atoms with Crippen LogP contribution in [0.1, 0.15) is 16.7 Å². The first-order chi connectivity index (χ1) is 17.3. The molecule has 4 aromatic rings. The number of aromatic nitrogens is 2. The Morgan fingerprint density at radius 3 is 2.56 bits per heavy atom. The van der Waals surface area contributed by atoms with Crippen LogP contribution in [0.4, 0.5) is 0 Å². The van der Waals surface area contributed by atoms with E-state index in [9.17, 15) is 9.59 Å². The van der Waals surface area contributed by atoms with E-state index >= 15 is 0 Å². The quantitative estimate of drug-likeness (QED) is 0.148. The number of pyridine rings is 1. The molecule has 1 saturated heterocycles. The summed E-state index contributed by atoms with van der Waals surface area (Å²) in [4.78, 5) is 34.4. The largest absolute Gasteiger partial charge is 0.288 e. The standard InChI is InChI=1S/C26H17Cl2N3O2S3/c1-15-6-11-22-29-23(35-18-9-7-17(27)8-10-18)19(24(32)30(22)13-15)12-21-25(33)31(26(34)36-21)14-16-4-2-3-5-20(16)28/h2-13H,14H2,1H3/b21-12+. The van der Waals surface area contributed by atoms with Gasteiger partial charge in [-0.3, -0.25) is 18.9 Å². The van der Waals surface area contributed by atoms with Crippen LogP contribution in [0.25, 0.3) is 11.7 Å². The van der Waals surface area contributed by atoms with E-state index in [1.54, 1.807) is 36.5 Å². The number of hydrogen-bond acceptors (Lipinski definition) is 6. The van der Waals surface area contributed by atoms with E-state index in [-0.39, 0.29) is 18.0 Å². The van der Waals surface area contributed by atoms with Crippen molar-refractivity contribution in [2.45, 2.75) is 23.4 Å². The predicted octanol–water partition coefficient (Wildman–Crippen LogP) is 6.86. The highest BCUT2D eigenvalue weighted by molar-refractivity contribution is 8.26. The van der Waals surface area contributed by atoms with Crippen LogP contribution in [-0.4, -0.2) is 24.5 Å². The number of aryl methyl sites for hydroxylation is 1. The van der Waals surface area contributed by atoms with Gasteiger partial charge in [-0.25, -0.2) is 4.98 Å². The number of benzene rings is 2. The Morgan fingerprint density at radius 1 is 1.06 bits per heavy atom. The summed E-state index contributed by atoms with van der Waals surface area (Å²) in [5.74, 6) is -0.277. The molecule has 0 atom stereocenters. The summed E-state index contributed by atoms with van der Waals surface area (Å²) in [5.41, 5.74) is 2.28. The van der Waals surface area contributed by atoms with E-state index in [4.69, 9.17) is 40.4 Å². The molecule has 36 heavy (non-hydrogen) atoms. The van der Waals surface area contributed by atoms with Crippen LogP contribution < -0.4 is 5.56 Å². The van der Waals surface area contributed by atoms with Gasteiger partial charge < -0.3 is 0 Å². The highest BCUT2D eigenvalue weighted by Crippen LogP contribution is 2.36. The molecule has 0 N–H and O–H groups in total. The molecule has 0 bridgehead atoms. The minimum absolute atomic E-state index is 0.252. The second-order valence-corrected chi connectivity index (χ2v) is 11.6. The maximum Gasteiger partial charge on any atom is 0.266 e. The van der Waals surface area contributed by atoms with Gasteiger partial charge in [0.2, 0.25) is 0 Å². The molecule has 2 aromatic carbocycles. The summed E-state index contributed by atoms with van der Waals surface area (Å²) in [6, 6.07) is 18.3. The van der Waals surface area contributed by atoms with E-state index in [0.717, 1.165) is 27.8 Å². The maximum atomic E-state index is 13.6. The lowest BCUT2D eigenvalue weighted by atomic mass is 10.2. The first kappa shape index (κ1) is 25.0. The molecule has 3 heterocycles. The molecule has 0 spiro atoms. The molecule has 0 radical (unpaired) electrons. The third kappa shape index (κ3) is 5.10. The topological polar surface area (TPSA) is 54.7 Å². The predicted molar refractivity (Wildman–Crippen MR) is 152 cm³/mol. The van der Waals surface area contributed by atoms with Gasteiger partial charge in [-0.2, -0.15) is 0 Å². The lowest BCUT2D eigenvalue weighted by Crippen LogP contribution is -2.27. The molecule has 5 rings (SSSR count). The maximum absolute atomic E-state index is 13.6. The minimum Gasteiger partial charge on any atom is -0.288 e. The Morgan fingerprint density at radius 2 is 1.81 bits per heavy atom. The summed E-state index contributed by atoms with van der Waals surface area (Å²) in [5, 5.41) is 1.66. The van der Waals surface area contributed by atoms with Crippen molar-refractivity contribution >= 4 is 80.9 Å². The zero-order chi connectivity index (χ0) is 25.4. The number of thiocarbonyl (C=S) groups is 1. The fourth-order valence-electron chi connectivity index (χ4n) is 3.62. The van der Waals surface area contributed by atoms with Crippen LogP contribution in [0.15, 0.2) is 86.5 Å². The van der Waals surface area contributed by atoms with E-state index in [1.165, 1.54) is 21.1 Å². The van der Waals surface area contributed by atoms with Crippen LogP contribution in [-0.2, 0) is 11.3 Å². The number of thioether (sulfide) groups is 1. The Kier molecular flexibility index (Phi) is 7.23. The third-order valence-electron chi connectivity index (χ3n) is 5.43. The number of amides is 1. The van der Waals surface area contributed by atoms with Gasteiger partial charge in [0.05, 0.1) is 17.0 Å². The van der Waals surface area contributed by atoms with Crippen molar-refractivity contribution in [3.63, 3.8) is 0 Å². The van der Waals surface area contributed by atoms with Gasteiger partial charge >= 0.3 is 0 Å². The summed E-state index contributed by atoms with van der Waals surface area (Å²) in [6.45, 7) is 2.16. The Labute approximate surface area is 231 Å². The van der Waals surface area contributed by atoms with E-state index in [0.29, 0.717) is 35.5 Å². The summed E-state index contributed by atoms with van der Waals surface area (Å²) >= 11 is 20.3. The molecule has 1 fully saturated rings. The van der Waals surface area contributed by atoms with Gasteiger partial charge in [-0.1, -0.05) is 83.2 Å². The van der Waals surface area contributed by atoms with Crippen LogP contribution in [0.2, 0.25) is 10.0 Å². The molecule has 5 nitrogen and oxygen atoms in total. The average molecular weight is 571 g/mol. The summed E-state index contributed by atoms with van der Waals surface area (Å²) in [6.07, 6.45) is 3.33. The number of carbonyl (C=O) groups is 1. The second-order valence-electron chi connectivity index (χ2n) is 7.99. The molecule has 0 aliphatic carbocycles. The SMILES string of the molecule is Cc1ccc2nc(Sc3ccc(Cl)cc3)c(/C=C3/SC(=S)N(Cc4ccccc4Cl)C3=O)c(=O)n2c1. The second kappa shape index (κ2) is 10.4. The highest BCUT2D eigenvalue weighted by Gasteiger charge is 2.33. The first-order valence-electron chi connectivity index (χ1n) is 10.8. The van der Waals surface area contributed by atoms with Crippen molar-refractivity contribution in [3.8, 4) is 0 Å². The number of nitrogens with zero attached hydrogens (tertiary/aromatic N) is 3. The first-order valence-corrected chi connectivity index (χ1v) is 13.5. The van der Waals surface area contributed by atoms with Crippen LogP contribution in [0.3, 0.4) is 0 Å². The molecule has 180 valence electrons. The normalized spacial score (nSPS) is 14.9. The van der Waals surface area contributed by atoms with Crippen LogP contribution >= 0.6 is 58.9 Å². The number of fused-ring (bicyclic) bond motifs is 1. The molecule has 1 aliphatic rings. The number of halogens is 2. The van der Waals surface area contributed by atoms with E-state index < -0.39 is 0 Å². The molecular weight excluding hydrogens is 553 g/mol. The lowest BCUT2D eigenvalue weighted by molar-refractivity contribution is -0.122. The molecule has 10 heteroatoms. The van der Waals surface area contributed by atoms with Gasteiger partial charge in [0.25, 0.3) is 11.5 Å². The highest BCUT2D eigenvalue weighted by atomic mass is 35.5. The Balaban J connectivity index is 1.58. The fourth-order valence-corrected chi connectivity index (χ4v) is 6.07. The Hall–Kier alpha value is -2.62. The number of carbonyl (C=O) groups excluding carboxylic acids is 1. The molecule has 0 saturated carbocycles. The number of rotatable bonds is 5.